The number of likely N-dealkylation sites (tertiary alicyclic amines) is 1. The summed E-state index contributed by atoms with van der Waals surface area (Å²) in [5, 5.41) is 12.3. The minimum atomic E-state index is -1.21. The molecule has 292 valence electrons. The molecule has 1 spiro atoms. The van der Waals surface area contributed by atoms with Crippen molar-refractivity contribution in [1.82, 2.24) is 10.2 Å². The van der Waals surface area contributed by atoms with Gasteiger partial charge in [-0.3, -0.25) is 19.2 Å². The summed E-state index contributed by atoms with van der Waals surface area (Å²) < 4.78 is 13.0. The van der Waals surface area contributed by atoms with Crippen LogP contribution in [0, 0.1) is 11.8 Å². The molecule has 0 aromatic heterocycles. The lowest BCUT2D eigenvalue weighted by Gasteiger charge is -2.37. The van der Waals surface area contributed by atoms with E-state index < -0.39 is 47.7 Å². The number of nitrogens with one attached hydrogen (secondary N) is 1. The lowest BCUT2D eigenvalue weighted by atomic mass is 9.70. The zero-order valence-electron chi connectivity index (χ0n) is 32.2. The van der Waals surface area contributed by atoms with Crippen molar-refractivity contribution in [2.75, 3.05) is 42.6 Å². The van der Waals surface area contributed by atoms with Crippen LogP contribution in [-0.4, -0.2) is 90.3 Å². The van der Waals surface area contributed by atoms with E-state index in [1.54, 1.807) is 28.9 Å². The third-order valence-corrected chi connectivity index (χ3v) is 11.3. The number of benzene rings is 2. The van der Waals surface area contributed by atoms with Gasteiger partial charge >= 0.3 is 5.97 Å². The molecular weight excluding hydrogens is 684 g/mol. The summed E-state index contributed by atoms with van der Waals surface area (Å²) in [6.45, 7) is 16.0. The Labute approximate surface area is 320 Å². The van der Waals surface area contributed by atoms with E-state index in [9.17, 15) is 24.3 Å². The number of amides is 3. The molecule has 11 nitrogen and oxygen atoms in total. The second kappa shape index (κ2) is 18.7. The zero-order chi connectivity index (χ0) is 38.8. The molecule has 7 atom stereocenters. The minimum absolute atomic E-state index is 0.0959. The number of hydrogen-bond acceptors (Lipinski definition) is 8. The van der Waals surface area contributed by atoms with Crippen molar-refractivity contribution in [1.29, 1.82) is 0 Å². The number of carbonyl (C=O) groups excluding carboxylic acids is 4. The molecule has 54 heavy (non-hydrogen) atoms. The van der Waals surface area contributed by atoms with E-state index in [4.69, 9.17) is 9.47 Å². The molecule has 3 amide bonds. The number of unbranched alkanes of at least 4 members (excludes halogenated alkanes) is 3. The van der Waals surface area contributed by atoms with Gasteiger partial charge in [0.05, 0.1) is 24.0 Å². The first-order valence-electron chi connectivity index (χ1n) is 19.7. The topological polar surface area (TPSA) is 129 Å². The third kappa shape index (κ3) is 8.42. The number of aliphatic hydroxyl groups is 1. The molecule has 0 saturated carbocycles. The summed E-state index contributed by atoms with van der Waals surface area (Å²) >= 11 is 0. The number of rotatable bonds is 21. The molecule has 2 aromatic carbocycles. The van der Waals surface area contributed by atoms with E-state index in [2.05, 4.69) is 37.2 Å². The number of aliphatic hydroxyl groups excluding tert-OH is 1. The molecule has 3 aliphatic rings. The minimum Gasteiger partial charge on any atom is -0.455 e. The Bertz CT molecular complexity index is 1610. The second-order valence-corrected chi connectivity index (χ2v) is 14.6. The largest absolute Gasteiger partial charge is 0.455 e. The predicted molar refractivity (Wildman–Crippen MR) is 210 cm³/mol. The van der Waals surface area contributed by atoms with Gasteiger partial charge in [-0.2, -0.15) is 0 Å². The van der Waals surface area contributed by atoms with Crippen LogP contribution < -0.4 is 15.1 Å². The lowest BCUT2D eigenvalue weighted by molar-refractivity contribution is -0.162. The summed E-state index contributed by atoms with van der Waals surface area (Å²) in [6, 6.07) is 15.6. The Hall–Kier alpha value is -4.48. The lowest BCUT2D eigenvalue weighted by Crippen LogP contribution is -2.56. The predicted octanol–water partition coefficient (Wildman–Crippen LogP) is 5.73. The van der Waals surface area contributed by atoms with Crippen LogP contribution in [0.5, 0.6) is 0 Å². The summed E-state index contributed by atoms with van der Waals surface area (Å²) in [5.41, 5.74) is 1.24. The van der Waals surface area contributed by atoms with Crippen molar-refractivity contribution < 1.29 is 33.8 Å². The van der Waals surface area contributed by atoms with Crippen molar-refractivity contribution >= 4 is 35.1 Å². The zero-order valence-corrected chi connectivity index (χ0v) is 32.2. The molecule has 2 aromatic rings. The fourth-order valence-electron chi connectivity index (χ4n) is 8.66. The van der Waals surface area contributed by atoms with Gasteiger partial charge in [-0.15, -0.1) is 13.2 Å². The number of hydrogen-bond donors (Lipinski definition) is 2. The van der Waals surface area contributed by atoms with E-state index in [-0.39, 0.29) is 37.3 Å². The number of esters is 1. The van der Waals surface area contributed by atoms with Crippen molar-refractivity contribution in [3.05, 3.63) is 85.5 Å². The summed E-state index contributed by atoms with van der Waals surface area (Å²) in [5.74, 6) is -3.14. The first-order chi connectivity index (χ1) is 26.1. The maximum absolute atomic E-state index is 15.0. The maximum atomic E-state index is 15.0. The highest BCUT2D eigenvalue weighted by atomic mass is 16.6. The Morgan fingerprint density at radius 2 is 1.70 bits per heavy atom. The Morgan fingerprint density at radius 3 is 2.35 bits per heavy atom. The number of carbonyl (C=O) groups is 4. The Kier molecular flexibility index (Phi) is 14.1. The van der Waals surface area contributed by atoms with Gasteiger partial charge in [0.2, 0.25) is 11.8 Å². The molecular formula is C43H58N4O7. The van der Waals surface area contributed by atoms with Crippen molar-refractivity contribution in [2.45, 2.75) is 102 Å². The van der Waals surface area contributed by atoms with Crippen LogP contribution in [0.2, 0.25) is 0 Å². The molecule has 2 bridgehead atoms. The molecule has 3 saturated heterocycles. The molecule has 2 N–H and O–H groups in total. The van der Waals surface area contributed by atoms with E-state index in [0.29, 0.717) is 49.9 Å². The van der Waals surface area contributed by atoms with Crippen molar-refractivity contribution in [2.24, 2.45) is 11.8 Å². The van der Waals surface area contributed by atoms with Crippen molar-refractivity contribution in [3.8, 4) is 0 Å². The first kappa shape index (κ1) is 40.7. The average molecular weight is 743 g/mol. The van der Waals surface area contributed by atoms with Crippen LogP contribution in [-0.2, 0) is 28.7 Å². The highest BCUT2D eigenvalue weighted by Crippen LogP contribution is 2.59. The number of allylic oxidation sites excluding steroid dienone is 1. The smallest absolute Gasteiger partial charge is 0.313 e. The van der Waals surface area contributed by atoms with Crippen LogP contribution in [0.15, 0.2) is 79.9 Å². The molecule has 11 heteroatoms. The quantitative estimate of drug-likeness (QED) is 0.0943. The van der Waals surface area contributed by atoms with Gasteiger partial charge in [-0.25, -0.2) is 0 Å². The van der Waals surface area contributed by atoms with Gasteiger partial charge < -0.3 is 34.6 Å². The Balaban J connectivity index is 1.46. The Morgan fingerprint density at radius 1 is 1.02 bits per heavy atom. The fraction of sp³-hybridized carbons (Fsp3) is 0.535. The van der Waals surface area contributed by atoms with Gasteiger partial charge in [0.25, 0.3) is 5.91 Å². The molecule has 5 rings (SSSR count). The number of nitrogens with zero attached hydrogens (tertiary/aromatic N) is 3. The molecule has 0 unspecified atom stereocenters. The van der Waals surface area contributed by atoms with Gasteiger partial charge in [-0.1, -0.05) is 55.3 Å². The van der Waals surface area contributed by atoms with Gasteiger partial charge in [0.1, 0.15) is 17.7 Å². The number of ether oxygens (including phenoxy) is 2. The summed E-state index contributed by atoms with van der Waals surface area (Å²) in [4.78, 5) is 62.4. The van der Waals surface area contributed by atoms with Crippen LogP contribution >= 0.6 is 0 Å². The van der Waals surface area contributed by atoms with E-state index in [1.165, 1.54) is 0 Å². The van der Waals surface area contributed by atoms with E-state index >= 15 is 0 Å². The van der Waals surface area contributed by atoms with Gasteiger partial charge in [-0.05, 0) is 82.7 Å². The summed E-state index contributed by atoms with van der Waals surface area (Å²) in [6.07, 6.45) is 6.54. The van der Waals surface area contributed by atoms with E-state index in [1.807, 2.05) is 54.6 Å². The summed E-state index contributed by atoms with van der Waals surface area (Å²) in [7, 11) is 0. The number of anilines is 2. The SMILES string of the molecule is C=CCCC(=O)N[C@@H](C)[C@H](OC(=O)[C@@H]1[C@H]2C(=O)N(CCCCCCO)[C@H](C(=O)N(CC=C)c3ccc(N(CC)CC)cc3)[C@]23CC[C@H]1O3)c1ccccc1. The van der Waals surface area contributed by atoms with Crippen molar-refractivity contribution in [3.63, 3.8) is 0 Å². The molecule has 3 aliphatic heterocycles. The van der Waals surface area contributed by atoms with Crippen LogP contribution in [0.25, 0.3) is 0 Å². The van der Waals surface area contributed by atoms with Crippen LogP contribution in [0.1, 0.15) is 83.8 Å². The van der Waals surface area contributed by atoms with Gasteiger partial charge in [0.15, 0.2) is 0 Å². The maximum Gasteiger partial charge on any atom is 0.313 e. The molecule has 3 fully saturated rings. The fourth-order valence-corrected chi connectivity index (χ4v) is 8.66. The van der Waals surface area contributed by atoms with Gasteiger partial charge in [0, 0.05) is 50.6 Å². The molecule has 0 radical (unpaired) electrons. The average Bonchev–Trinajstić information content (AvgIpc) is 3.83. The van der Waals surface area contributed by atoms with Crippen LogP contribution in [0.4, 0.5) is 11.4 Å². The highest BCUT2D eigenvalue weighted by molar-refractivity contribution is 6.04. The normalized spacial score (nSPS) is 23.7. The number of fused-ring (bicyclic) bond motifs is 1. The molecule has 0 aliphatic carbocycles. The highest BCUT2D eigenvalue weighted by Gasteiger charge is 2.75. The standard InChI is InChI=1S/C43H58N4O7/c1-6-10-20-35(49)44-30(5)38(31-18-14-13-15-19-31)53-42(52)36-34-25-26-43(54-34)37(36)40(50)47(28-16-11-12-17-29-48)39(43)41(51)46(27-7-2)33-23-21-32(22-24-33)45(8-3)9-4/h6-7,13-15,18-19,21-24,30,34,36-39,48H,1-2,8-12,16-17,20,25-29H2,3-5H3,(H,44,49)/t30-,34+,36-,37-,38-,39+,43-/m0/s1. The molecule has 3 heterocycles. The van der Waals surface area contributed by atoms with E-state index in [0.717, 1.165) is 31.6 Å². The monoisotopic (exact) mass is 742 g/mol. The second-order valence-electron chi connectivity index (χ2n) is 14.6. The van der Waals surface area contributed by atoms with Crippen LogP contribution in [0.3, 0.4) is 0 Å². The first-order valence-corrected chi connectivity index (χ1v) is 19.7. The third-order valence-electron chi connectivity index (χ3n) is 11.3.